The Morgan fingerprint density at radius 3 is 2.32 bits per heavy atom. The van der Waals surface area contributed by atoms with Crippen LogP contribution in [0.25, 0.3) is 0 Å². The van der Waals surface area contributed by atoms with Gasteiger partial charge < -0.3 is 4.74 Å². The molecular formula is C16H16BrClO. The maximum Gasteiger partial charge on any atom is 0.119 e. The van der Waals surface area contributed by atoms with E-state index in [1.807, 2.05) is 42.5 Å². The number of hydrogen-bond donors (Lipinski definition) is 0. The Kier molecular flexibility index (Phi) is 5.74. The highest BCUT2D eigenvalue weighted by atomic mass is 79.9. The van der Waals surface area contributed by atoms with Crippen molar-refractivity contribution in [3.63, 3.8) is 0 Å². The van der Waals surface area contributed by atoms with Crippen molar-refractivity contribution in [3.8, 4) is 5.75 Å². The molecule has 0 saturated carbocycles. The zero-order chi connectivity index (χ0) is 13.5. The molecular weight excluding hydrogens is 324 g/mol. The fraction of sp³-hybridized carbons (Fsp3) is 0.250. The fourth-order valence-electron chi connectivity index (χ4n) is 1.91. The van der Waals surface area contributed by atoms with Crippen LogP contribution in [-0.4, -0.2) is 12.5 Å². The zero-order valence-electron chi connectivity index (χ0n) is 10.6. The molecule has 0 aliphatic carbocycles. The topological polar surface area (TPSA) is 9.23 Å². The number of alkyl halides is 1. The molecule has 100 valence electrons. The molecule has 3 heteroatoms. The summed E-state index contributed by atoms with van der Waals surface area (Å²) >= 11 is 9.45. The number of hydrogen-bond acceptors (Lipinski definition) is 1. The monoisotopic (exact) mass is 338 g/mol. The lowest BCUT2D eigenvalue weighted by molar-refractivity contribution is 0.301. The van der Waals surface area contributed by atoms with Crippen molar-refractivity contribution in [2.45, 2.75) is 12.3 Å². The molecule has 0 spiro atoms. The van der Waals surface area contributed by atoms with Crippen molar-refractivity contribution in [2.75, 3.05) is 12.5 Å². The van der Waals surface area contributed by atoms with E-state index in [4.69, 9.17) is 16.3 Å². The van der Waals surface area contributed by atoms with Gasteiger partial charge in [-0.05, 0) is 36.2 Å². The Labute approximate surface area is 127 Å². The summed E-state index contributed by atoms with van der Waals surface area (Å²) in [5, 5.41) is 0. The largest absolute Gasteiger partial charge is 0.494 e. The second-order valence-corrected chi connectivity index (χ2v) is 5.58. The molecule has 2 aromatic rings. The Balaban J connectivity index is 1.85. The van der Waals surface area contributed by atoms with Gasteiger partial charge in [0.05, 0.1) is 6.61 Å². The Morgan fingerprint density at radius 2 is 1.68 bits per heavy atom. The molecule has 0 aliphatic rings. The van der Waals surface area contributed by atoms with Gasteiger partial charge in [0.2, 0.25) is 0 Å². The van der Waals surface area contributed by atoms with Gasteiger partial charge in [-0.3, -0.25) is 0 Å². The predicted octanol–water partition coefficient (Wildman–Crippen LogP) is 5.24. The van der Waals surface area contributed by atoms with Crippen LogP contribution in [0.3, 0.4) is 0 Å². The summed E-state index contributed by atoms with van der Waals surface area (Å²) in [4.78, 5) is 0. The lowest BCUT2D eigenvalue weighted by Gasteiger charge is -2.14. The van der Waals surface area contributed by atoms with Crippen LogP contribution in [0.4, 0.5) is 0 Å². The molecule has 2 aromatic carbocycles. The highest BCUT2D eigenvalue weighted by molar-refractivity contribution is 9.10. The van der Waals surface area contributed by atoms with Gasteiger partial charge in [0, 0.05) is 16.3 Å². The van der Waals surface area contributed by atoms with Crippen molar-refractivity contribution >= 4 is 27.5 Å². The summed E-state index contributed by atoms with van der Waals surface area (Å²) in [6.07, 6.45) is 0.920. The van der Waals surface area contributed by atoms with Crippen molar-refractivity contribution in [3.05, 3.63) is 64.6 Å². The second-order valence-electron chi connectivity index (χ2n) is 4.35. The predicted molar refractivity (Wildman–Crippen MR) is 84.2 cm³/mol. The van der Waals surface area contributed by atoms with Gasteiger partial charge in [-0.1, -0.05) is 46.3 Å². The van der Waals surface area contributed by atoms with E-state index in [-0.39, 0.29) is 0 Å². The summed E-state index contributed by atoms with van der Waals surface area (Å²) in [5.41, 5.74) is 1.27. The molecule has 0 aromatic heterocycles. The van der Waals surface area contributed by atoms with Gasteiger partial charge in [-0.2, -0.15) is 0 Å². The fourth-order valence-corrected chi connectivity index (χ4v) is 2.50. The van der Waals surface area contributed by atoms with E-state index < -0.39 is 0 Å². The molecule has 0 N–H and O–H groups in total. The minimum Gasteiger partial charge on any atom is -0.494 e. The highest BCUT2D eigenvalue weighted by Gasteiger charge is 2.09. The van der Waals surface area contributed by atoms with Crippen LogP contribution in [-0.2, 0) is 0 Å². The first kappa shape index (κ1) is 14.4. The molecule has 0 heterocycles. The third-order valence-electron chi connectivity index (χ3n) is 3.01. The van der Waals surface area contributed by atoms with E-state index in [9.17, 15) is 0 Å². The normalized spacial score (nSPS) is 12.1. The van der Waals surface area contributed by atoms with Gasteiger partial charge in [0.15, 0.2) is 0 Å². The van der Waals surface area contributed by atoms with E-state index in [0.717, 1.165) is 16.6 Å². The summed E-state index contributed by atoms with van der Waals surface area (Å²) in [6, 6.07) is 18.2. The maximum absolute atomic E-state index is 6.04. The van der Waals surface area contributed by atoms with Crippen molar-refractivity contribution in [1.29, 1.82) is 0 Å². The van der Waals surface area contributed by atoms with Gasteiger partial charge in [0.25, 0.3) is 0 Å². The lowest BCUT2D eigenvalue weighted by Crippen LogP contribution is -2.07. The van der Waals surface area contributed by atoms with E-state index >= 15 is 0 Å². The summed E-state index contributed by atoms with van der Waals surface area (Å²) in [5.74, 6) is 1.86. The maximum atomic E-state index is 6.04. The van der Waals surface area contributed by atoms with Crippen LogP contribution in [0.5, 0.6) is 5.75 Å². The first-order valence-electron chi connectivity index (χ1n) is 6.29. The molecule has 19 heavy (non-hydrogen) atoms. The third kappa shape index (κ3) is 4.55. The second kappa shape index (κ2) is 7.56. The summed E-state index contributed by atoms with van der Waals surface area (Å²) in [7, 11) is 0. The number of ether oxygens (including phenoxy) is 1. The molecule has 0 bridgehead atoms. The van der Waals surface area contributed by atoms with E-state index in [0.29, 0.717) is 18.4 Å². The molecule has 2 rings (SSSR count). The standard InChI is InChI=1S/C16H16BrClO/c17-15-6-8-16(9-7-15)19-11-10-14(12-18)13-4-2-1-3-5-13/h1-9,14H,10-12H2. The lowest BCUT2D eigenvalue weighted by atomic mass is 9.98. The minimum absolute atomic E-state index is 0.346. The third-order valence-corrected chi connectivity index (χ3v) is 3.91. The van der Waals surface area contributed by atoms with Crippen LogP contribution < -0.4 is 4.74 Å². The van der Waals surface area contributed by atoms with Crippen LogP contribution in [0.2, 0.25) is 0 Å². The molecule has 0 aliphatic heterocycles. The number of benzene rings is 2. The number of rotatable bonds is 6. The molecule has 1 atom stereocenters. The average Bonchev–Trinajstić information content (AvgIpc) is 2.46. The Morgan fingerprint density at radius 1 is 1.00 bits per heavy atom. The van der Waals surface area contributed by atoms with Crippen molar-refractivity contribution in [1.82, 2.24) is 0 Å². The Hall–Kier alpha value is -0.990. The van der Waals surface area contributed by atoms with Crippen molar-refractivity contribution in [2.24, 2.45) is 0 Å². The molecule has 0 saturated heterocycles. The molecule has 0 radical (unpaired) electrons. The van der Waals surface area contributed by atoms with Gasteiger partial charge in [-0.15, -0.1) is 11.6 Å². The first-order chi connectivity index (χ1) is 9.29. The first-order valence-corrected chi connectivity index (χ1v) is 7.61. The van der Waals surface area contributed by atoms with Crippen LogP contribution in [0.15, 0.2) is 59.1 Å². The number of halogens is 2. The molecule has 0 fully saturated rings. The summed E-state index contributed by atoms with van der Waals surface area (Å²) < 4.78 is 6.79. The van der Waals surface area contributed by atoms with Crippen molar-refractivity contribution < 1.29 is 4.74 Å². The summed E-state index contributed by atoms with van der Waals surface area (Å²) in [6.45, 7) is 0.675. The van der Waals surface area contributed by atoms with E-state index in [1.165, 1.54) is 5.56 Å². The van der Waals surface area contributed by atoms with Crippen LogP contribution >= 0.6 is 27.5 Å². The average molecular weight is 340 g/mol. The zero-order valence-corrected chi connectivity index (χ0v) is 12.9. The smallest absolute Gasteiger partial charge is 0.119 e. The molecule has 1 nitrogen and oxygen atoms in total. The van der Waals surface area contributed by atoms with E-state index in [2.05, 4.69) is 28.1 Å². The van der Waals surface area contributed by atoms with Crippen LogP contribution in [0, 0.1) is 0 Å². The Bertz CT molecular complexity index is 484. The molecule has 1 unspecified atom stereocenters. The van der Waals surface area contributed by atoms with Gasteiger partial charge in [-0.25, -0.2) is 0 Å². The van der Waals surface area contributed by atoms with Gasteiger partial charge >= 0.3 is 0 Å². The van der Waals surface area contributed by atoms with E-state index in [1.54, 1.807) is 0 Å². The highest BCUT2D eigenvalue weighted by Crippen LogP contribution is 2.22. The molecule has 0 amide bonds. The SMILES string of the molecule is ClCC(CCOc1ccc(Br)cc1)c1ccccc1. The van der Waals surface area contributed by atoms with Gasteiger partial charge in [0.1, 0.15) is 5.75 Å². The quantitative estimate of drug-likeness (QED) is 0.654. The minimum atomic E-state index is 0.346. The van der Waals surface area contributed by atoms with Crippen LogP contribution in [0.1, 0.15) is 17.9 Å².